The number of benzene rings is 1. The standard InChI is InChI=1S/C17H15F4NO4S/c1-9-14(22-15(27-9)13(18)17(19,20)21)26-7-10-5-3-4-6-11(10)12(8-25-2)16(23)24/h3-6,8,13H,7H2,1-2H3,(H,23,24). The van der Waals surface area contributed by atoms with Gasteiger partial charge >= 0.3 is 12.1 Å². The molecule has 1 aromatic carbocycles. The van der Waals surface area contributed by atoms with E-state index < -0.39 is 23.3 Å². The van der Waals surface area contributed by atoms with Crippen molar-refractivity contribution in [3.63, 3.8) is 0 Å². The molecule has 0 fully saturated rings. The van der Waals surface area contributed by atoms with Crippen LogP contribution < -0.4 is 4.74 Å². The Balaban J connectivity index is 2.25. The molecule has 0 aliphatic carbocycles. The van der Waals surface area contributed by atoms with Gasteiger partial charge in [-0.1, -0.05) is 24.3 Å². The molecular weight excluding hydrogens is 390 g/mol. The lowest BCUT2D eigenvalue weighted by Gasteiger charge is -2.11. The molecule has 2 rings (SSSR count). The molecule has 1 heterocycles. The zero-order valence-corrected chi connectivity index (χ0v) is 15.0. The van der Waals surface area contributed by atoms with Gasteiger partial charge < -0.3 is 14.6 Å². The first kappa shape index (κ1) is 20.7. The highest BCUT2D eigenvalue weighted by atomic mass is 32.1. The molecule has 2 aromatic rings. The highest BCUT2D eigenvalue weighted by molar-refractivity contribution is 7.11. The van der Waals surface area contributed by atoms with Crippen LogP contribution in [0, 0.1) is 6.92 Å². The van der Waals surface area contributed by atoms with Crippen LogP contribution in [0.2, 0.25) is 0 Å². The van der Waals surface area contributed by atoms with E-state index in [1.165, 1.54) is 20.1 Å². The van der Waals surface area contributed by atoms with Crippen molar-refractivity contribution in [3.05, 3.63) is 51.5 Å². The summed E-state index contributed by atoms with van der Waals surface area (Å²) in [7, 11) is 1.30. The van der Waals surface area contributed by atoms with Crippen molar-refractivity contribution >= 4 is 22.9 Å². The first-order chi connectivity index (χ1) is 12.6. The van der Waals surface area contributed by atoms with E-state index in [0.717, 1.165) is 6.26 Å². The van der Waals surface area contributed by atoms with E-state index in [1.807, 2.05) is 0 Å². The monoisotopic (exact) mass is 405 g/mol. The number of thiazole rings is 1. The maximum Gasteiger partial charge on any atom is 0.426 e. The number of aliphatic carboxylic acids is 1. The summed E-state index contributed by atoms with van der Waals surface area (Å²) in [4.78, 5) is 15.3. The van der Waals surface area contributed by atoms with Crippen molar-refractivity contribution in [2.45, 2.75) is 25.9 Å². The van der Waals surface area contributed by atoms with Crippen molar-refractivity contribution in [2.75, 3.05) is 7.11 Å². The highest BCUT2D eigenvalue weighted by Gasteiger charge is 2.43. The molecule has 0 spiro atoms. The summed E-state index contributed by atoms with van der Waals surface area (Å²) in [6.45, 7) is 1.29. The number of hydrogen-bond donors (Lipinski definition) is 1. The van der Waals surface area contributed by atoms with Gasteiger partial charge in [-0.15, -0.1) is 11.3 Å². The largest absolute Gasteiger partial charge is 0.503 e. The van der Waals surface area contributed by atoms with Crippen LogP contribution >= 0.6 is 11.3 Å². The van der Waals surface area contributed by atoms with Crippen LogP contribution in [-0.2, 0) is 16.1 Å². The number of aryl methyl sites for hydroxylation is 1. The number of aromatic nitrogens is 1. The molecular formula is C17H15F4NO4S. The lowest BCUT2D eigenvalue weighted by Crippen LogP contribution is -2.16. The van der Waals surface area contributed by atoms with Crippen LogP contribution in [-0.4, -0.2) is 29.3 Å². The van der Waals surface area contributed by atoms with Gasteiger partial charge in [0, 0.05) is 0 Å². The zero-order chi connectivity index (χ0) is 20.2. The lowest BCUT2D eigenvalue weighted by atomic mass is 10.0. The van der Waals surface area contributed by atoms with Crippen LogP contribution in [0.15, 0.2) is 30.5 Å². The first-order valence-electron chi connectivity index (χ1n) is 7.50. The van der Waals surface area contributed by atoms with Gasteiger partial charge in [-0.25, -0.2) is 14.2 Å². The fraction of sp³-hybridized carbons (Fsp3) is 0.294. The fourth-order valence-corrected chi connectivity index (χ4v) is 3.06. The second-order valence-electron chi connectivity index (χ2n) is 5.34. The Morgan fingerprint density at radius 2 is 2.04 bits per heavy atom. The average Bonchev–Trinajstić information content (AvgIpc) is 2.97. The molecule has 0 aliphatic rings. The minimum Gasteiger partial charge on any atom is -0.503 e. The van der Waals surface area contributed by atoms with Gasteiger partial charge in [0.1, 0.15) is 17.2 Å². The number of carbonyl (C=O) groups is 1. The van der Waals surface area contributed by atoms with Gasteiger partial charge in [0.25, 0.3) is 0 Å². The molecule has 0 amide bonds. The van der Waals surface area contributed by atoms with E-state index in [-0.39, 0.29) is 22.9 Å². The van der Waals surface area contributed by atoms with Crippen LogP contribution in [0.5, 0.6) is 5.88 Å². The normalized spacial score (nSPS) is 13.3. The number of carboxylic acids is 1. The summed E-state index contributed by atoms with van der Waals surface area (Å²) in [5.41, 5.74) is 0.650. The van der Waals surface area contributed by atoms with Crippen molar-refractivity contribution < 1.29 is 36.9 Å². The second kappa shape index (κ2) is 8.38. The Morgan fingerprint density at radius 3 is 2.63 bits per heavy atom. The second-order valence-corrected chi connectivity index (χ2v) is 6.57. The molecule has 0 bridgehead atoms. The summed E-state index contributed by atoms with van der Waals surface area (Å²) < 4.78 is 61.1. The summed E-state index contributed by atoms with van der Waals surface area (Å²) in [6.07, 6.45) is -7.17. The van der Waals surface area contributed by atoms with E-state index in [9.17, 15) is 27.5 Å². The molecule has 1 unspecified atom stereocenters. The van der Waals surface area contributed by atoms with Crippen LogP contribution in [0.1, 0.15) is 27.2 Å². The molecule has 0 aliphatic heterocycles. The smallest absolute Gasteiger partial charge is 0.426 e. The Labute approximate surface area is 155 Å². The third kappa shape index (κ3) is 4.97. The summed E-state index contributed by atoms with van der Waals surface area (Å²) >= 11 is 0.551. The number of halogens is 4. The predicted octanol–water partition coefficient (Wildman–Crippen LogP) is 4.68. The number of hydrogen-bond acceptors (Lipinski definition) is 5. The fourth-order valence-electron chi connectivity index (χ4n) is 2.19. The molecule has 1 atom stereocenters. The number of nitrogens with zero attached hydrogens (tertiary/aromatic N) is 1. The minimum absolute atomic E-state index is 0.117. The maximum atomic E-state index is 13.4. The van der Waals surface area contributed by atoms with Gasteiger partial charge in [-0.05, 0) is 18.1 Å². The topological polar surface area (TPSA) is 68.7 Å². The van der Waals surface area contributed by atoms with E-state index in [1.54, 1.807) is 18.2 Å². The maximum absolute atomic E-state index is 13.4. The molecule has 0 saturated carbocycles. The Hall–Kier alpha value is -2.62. The highest BCUT2D eigenvalue weighted by Crippen LogP contribution is 2.40. The molecule has 1 N–H and O–H groups in total. The van der Waals surface area contributed by atoms with Crippen molar-refractivity contribution in [3.8, 4) is 5.88 Å². The number of carboxylic acid groups (broad SMARTS) is 1. The molecule has 1 aromatic heterocycles. The Bertz CT molecular complexity index is 848. The van der Waals surface area contributed by atoms with Gasteiger partial charge in [0.15, 0.2) is 0 Å². The zero-order valence-electron chi connectivity index (χ0n) is 14.2. The van der Waals surface area contributed by atoms with Crippen molar-refractivity contribution in [1.29, 1.82) is 0 Å². The number of methoxy groups -OCH3 is 1. The van der Waals surface area contributed by atoms with E-state index in [2.05, 4.69) is 4.98 Å². The predicted molar refractivity (Wildman–Crippen MR) is 90.2 cm³/mol. The van der Waals surface area contributed by atoms with Crippen LogP contribution in [0.25, 0.3) is 5.57 Å². The van der Waals surface area contributed by atoms with Gasteiger partial charge in [-0.2, -0.15) is 13.2 Å². The van der Waals surface area contributed by atoms with E-state index in [4.69, 9.17) is 9.47 Å². The van der Waals surface area contributed by atoms with Crippen molar-refractivity contribution in [1.82, 2.24) is 4.98 Å². The molecule has 0 radical (unpaired) electrons. The number of ether oxygens (including phenoxy) is 2. The van der Waals surface area contributed by atoms with Crippen LogP contribution in [0.3, 0.4) is 0 Å². The summed E-state index contributed by atoms with van der Waals surface area (Å²) in [5.74, 6) is -1.36. The number of alkyl halides is 4. The third-order valence-electron chi connectivity index (χ3n) is 3.41. The minimum atomic E-state index is -5.05. The summed E-state index contributed by atoms with van der Waals surface area (Å²) in [6, 6.07) is 6.40. The van der Waals surface area contributed by atoms with E-state index >= 15 is 0 Å². The average molecular weight is 405 g/mol. The number of rotatable bonds is 7. The van der Waals surface area contributed by atoms with Gasteiger partial charge in [0.2, 0.25) is 12.1 Å². The third-order valence-corrected chi connectivity index (χ3v) is 4.40. The van der Waals surface area contributed by atoms with E-state index in [0.29, 0.717) is 22.5 Å². The van der Waals surface area contributed by atoms with Crippen molar-refractivity contribution in [2.24, 2.45) is 0 Å². The molecule has 0 saturated heterocycles. The molecule has 27 heavy (non-hydrogen) atoms. The Morgan fingerprint density at radius 1 is 1.37 bits per heavy atom. The first-order valence-corrected chi connectivity index (χ1v) is 8.32. The molecule has 5 nitrogen and oxygen atoms in total. The quantitative estimate of drug-likeness (QED) is 0.412. The Kier molecular flexibility index (Phi) is 6.42. The van der Waals surface area contributed by atoms with Crippen LogP contribution in [0.4, 0.5) is 17.6 Å². The molecule has 146 valence electrons. The van der Waals surface area contributed by atoms with Gasteiger partial charge in [-0.3, -0.25) is 0 Å². The summed E-state index contributed by atoms with van der Waals surface area (Å²) in [5, 5.41) is 8.56. The SMILES string of the molecule is COC=C(C(=O)O)c1ccccc1COc1nc(C(F)C(F)(F)F)sc1C. The lowest BCUT2D eigenvalue weighted by molar-refractivity contribution is -0.182. The van der Waals surface area contributed by atoms with Gasteiger partial charge in [0.05, 0.1) is 18.2 Å². The molecule has 10 heteroatoms.